The zero-order valence-electron chi connectivity index (χ0n) is 8.51. The molecule has 0 aromatic rings. The molecular weight excluding hydrogens is 188 g/mol. The lowest BCUT2D eigenvalue weighted by molar-refractivity contribution is -0.234. The first-order valence-corrected chi connectivity index (χ1v) is 4.68. The zero-order chi connectivity index (χ0) is 10.8. The highest BCUT2D eigenvalue weighted by molar-refractivity contribution is 4.93. The Bertz CT molecular complexity index is 172. The predicted octanol–water partition coefficient (Wildman–Crippen LogP) is -1.11. The number of aliphatic hydroxyl groups excluding tert-OH is 3. The van der Waals surface area contributed by atoms with Gasteiger partial charge in [-0.15, -0.1) is 0 Å². The Morgan fingerprint density at radius 2 is 2.14 bits per heavy atom. The third-order valence-electron chi connectivity index (χ3n) is 2.59. The Balaban J connectivity index is 2.70. The van der Waals surface area contributed by atoms with E-state index in [9.17, 15) is 15.3 Å². The van der Waals surface area contributed by atoms with Crippen molar-refractivity contribution < 1.29 is 24.8 Å². The summed E-state index contributed by atoms with van der Waals surface area (Å²) in [6.45, 7) is 1.64. The van der Waals surface area contributed by atoms with Gasteiger partial charge in [0, 0.05) is 13.5 Å². The highest BCUT2D eigenvalue weighted by Crippen LogP contribution is 2.29. The molecule has 4 unspecified atom stereocenters. The van der Waals surface area contributed by atoms with Gasteiger partial charge in [-0.2, -0.15) is 0 Å². The van der Waals surface area contributed by atoms with Crippen LogP contribution in [0.3, 0.4) is 0 Å². The molecule has 14 heavy (non-hydrogen) atoms. The monoisotopic (exact) mass is 206 g/mol. The lowest BCUT2D eigenvalue weighted by Gasteiger charge is -2.43. The molecule has 1 aliphatic rings. The van der Waals surface area contributed by atoms with E-state index in [1.54, 1.807) is 6.92 Å². The number of rotatable bonds is 3. The average Bonchev–Trinajstić information content (AvgIpc) is 2.15. The van der Waals surface area contributed by atoms with Crippen LogP contribution >= 0.6 is 0 Å². The SMILES string of the molecule is COCC1(CO)CC(O)C(O)C(C)O1. The van der Waals surface area contributed by atoms with Crippen molar-refractivity contribution in [1.29, 1.82) is 0 Å². The molecule has 84 valence electrons. The van der Waals surface area contributed by atoms with E-state index in [1.807, 2.05) is 0 Å². The summed E-state index contributed by atoms with van der Waals surface area (Å²) in [6, 6.07) is 0. The fraction of sp³-hybridized carbons (Fsp3) is 1.00. The molecule has 0 aliphatic carbocycles. The molecule has 1 rings (SSSR count). The lowest BCUT2D eigenvalue weighted by Crippen LogP contribution is -2.57. The van der Waals surface area contributed by atoms with Gasteiger partial charge in [0.2, 0.25) is 0 Å². The van der Waals surface area contributed by atoms with Crippen molar-refractivity contribution in [2.75, 3.05) is 20.3 Å². The van der Waals surface area contributed by atoms with Gasteiger partial charge in [-0.25, -0.2) is 0 Å². The second-order valence-corrected chi connectivity index (χ2v) is 3.86. The summed E-state index contributed by atoms with van der Waals surface area (Å²) >= 11 is 0. The molecule has 0 aromatic carbocycles. The number of hydrogen-bond donors (Lipinski definition) is 3. The summed E-state index contributed by atoms with van der Waals surface area (Å²) in [4.78, 5) is 0. The van der Waals surface area contributed by atoms with E-state index in [-0.39, 0.29) is 19.6 Å². The first-order chi connectivity index (χ1) is 6.54. The summed E-state index contributed by atoms with van der Waals surface area (Å²) in [7, 11) is 1.50. The topological polar surface area (TPSA) is 79.2 Å². The molecule has 1 fully saturated rings. The van der Waals surface area contributed by atoms with Crippen LogP contribution in [0.5, 0.6) is 0 Å². The Morgan fingerprint density at radius 3 is 2.57 bits per heavy atom. The van der Waals surface area contributed by atoms with Crippen LogP contribution in [0, 0.1) is 0 Å². The zero-order valence-corrected chi connectivity index (χ0v) is 8.51. The molecular formula is C9H18O5. The molecule has 0 amide bonds. The fourth-order valence-corrected chi connectivity index (χ4v) is 1.83. The number of methoxy groups -OCH3 is 1. The van der Waals surface area contributed by atoms with Gasteiger partial charge in [-0.3, -0.25) is 0 Å². The van der Waals surface area contributed by atoms with E-state index in [2.05, 4.69) is 0 Å². The first-order valence-electron chi connectivity index (χ1n) is 4.68. The van der Waals surface area contributed by atoms with Crippen LogP contribution in [0.1, 0.15) is 13.3 Å². The quantitative estimate of drug-likeness (QED) is 0.546. The summed E-state index contributed by atoms with van der Waals surface area (Å²) in [5.74, 6) is 0. The normalized spacial score (nSPS) is 43.9. The van der Waals surface area contributed by atoms with Gasteiger partial charge in [0.25, 0.3) is 0 Å². The van der Waals surface area contributed by atoms with Gasteiger partial charge in [0.15, 0.2) is 0 Å². The van der Waals surface area contributed by atoms with E-state index in [1.165, 1.54) is 7.11 Å². The smallest absolute Gasteiger partial charge is 0.117 e. The van der Waals surface area contributed by atoms with Gasteiger partial charge < -0.3 is 24.8 Å². The molecule has 0 radical (unpaired) electrons. The van der Waals surface area contributed by atoms with E-state index >= 15 is 0 Å². The predicted molar refractivity (Wildman–Crippen MR) is 48.9 cm³/mol. The first kappa shape index (κ1) is 11.9. The van der Waals surface area contributed by atoms with Crippen LogP contribution in [-0.2, 0) is 9.47 Å². The number of ether oxygens (including phenoxy) is 2. The molecule has 0 bridgehead atoms. The van der Waals surface area contributed by atoms with Crippen molar-refractivity contribution >= 4 is 0 Å². The average molecular weight is 206 g/mol. The summed E-state index contributed by atoms with van der Waals surface area (Å²) in [5.41, 5.74) is -0.882. The number of hydrogen-bond acceptors (Lipinski definition) is 5. The highest BCUT2D eigenvalue weighted by atomic mass is 16.6. The Hall–Kier alpha value is -0.200. The molecule has 3 N–H and O–H groups in total. The lowest BCUT2D eigenvalue weighted by atomic mass is 9.89. The van der Waals surface area contributed by atoms with Gasteiger partial charge in [0.1, 0.15) is 11.7 Å². The van der Waals surface area contributed by atoms with E-state index in [0.717, 1.165) is 0 Å². The maximum atomic E-state index is 9.54. The molecule has 1 aliphatic heterocycles. The molecule has 5 nitrogen and oxygen atoms in total. The minimum atomic E-state index is -0.897. The number of aliphatic hydroxyl groups is 3. The van der Waals surface area contributed by atoms with Gasteiger partial charge in [0.05, 0.1) is 25.4 Å². The molecule has 0 aromatic heterocycles. The van der Waals surface area contributed by atoms with Crippen molar-refractivity contribution in [3.63, 3.8) is 0 Å². The van der Waals surface area contributed by atoms with Crippen molar-refractivity contribution in [2.45, 2.75) is 37.3 Å². The van der Waals surface area contributed by atoms with Crippen LogP contribution in [-0.4, -0.2) is 59.6 Å². The minimum Gasteiger partial charge on any atom is -0.393 e. The Morgan fingerprint density at radius 1 is 1.50 bits per heavy atom. The van der Waals surface area contributed by atoms with Gasteiger partial charge in [-0.05, 0) is 6.92 Å². The van der Waals surface area contributed by atoms with E-state index in [4.69, 9.17) is 9.47 Å². The maximum Gasteiger partial charge on any atom is 0.117 e. The summed E-state index contributed by atoms with van der Waals surface area (Å²) in [6.07, 6.45) is -2.09. The van der Waals surface area contributed by atoms with Gasteiger partial charge >= 0.3 is 0 Å². The Labute approximate surface area is 83.3 Å². The van der Waals surface area contributed by atoms with Crippen molar-refractivity contribution in [1.82, 2.24) is 0 Å². The second kappa shape index (κ2) is 4.55. The standard InChI is InChI=1S/C9H18O5/c1-6-8(12)7(11)3-9(4-10,14-6)5-13-2/h6-8,10-12H,3-5H2,1-2H3. The summed E-state index contributed by atoms with van der Waals surface area (Å²) in [5, 5.41) is 28.2. The molecule has 0 saturated carbocycles. The summed E-state index contributed by atoms with van der Waals surface area (Å²) < 4.78 is 10.4. The highest BCUT2D eigenvalue weighted by Gasteiger charge is 2.44. The van der Waals surface area contributed by atoms with Crippen LogP contribution < -0.4 is 0 Å². The van der Waals surface area contributed by atoms with Gasteiger partial charge in [-0.1, -0.05) is 0 Å². The van der Waals surface area contributed by atoms with Crippen LogP contribution in [0.4, 0.5) is 0 Å². The molecule has 1 heterocycles. The van der Waals surface area contributed by atoms with Crippen molar-refractivity contribution in [2.24, 2.45) is 0 Å². The van der Waals surface area contributed by atoms with Crippen LogP contribution in [0.25, 0.3) is 0 Å². The molecule has 4 atom stereocenters. The van der Waals surface area contributed by atoms with Crippen molar-refractivity contribution in [3.05, 3.63) is 0 Å². The third-order valence-corrected chi connectivity index (χ3v) is 2.59. The van der Waals surface area contributed by atoms with Crippen LogP contribution in [0.2, 0.25) is 0 Å². The van der Waals surface area contributed by atoms with Crippen molar-refractivity contribution in [3.8, 4) is 0 Å². The fourth-order valence-electron chi connectivity index (χ4n) is 1.83. The molecule has 1 saturated heterocycles. The van der Waals surface area contributed by atoms with Crippen LogP contribution in [0.15, 0.2) is 0 Å². The second-order valence-electron chi connectivity index (χ2n) is 3.86. The molecule has 0 spiro atoms. The minimum absolute atomic E-state index is 0.183. The largest absolute Gasteiger partial charge is 0.393 e. The maximum absolute atomic E-state index is 9.54. The van der Waals surface area contributed by atoms with E-state index in [0.29, 0.717) is 0 Å². The van der Waals surface area contributed by atoms with E-state index < -0.39 is 23.9 Å². The Kier molecular flexibility index (Phi) is 3.86. The third kappa shape index (κ3) is 2.24. The molecule has 5 heteroatoms.